The van der Waals surface area contributed by atoms with Gasteiger partial charge in [0, 0.05) is 0 Å². The van der Waals surface area contributed by atoms with Crippen molar-refractivity contribution < 1.29 is 34.8 Å². The van der Waals surface area contributed by atoms with Gasteiger partial charge in [-0.3, -0.25) is 4.72 Å². The molecule has 1 N–H and O–H groups in total. The van der Waals surface area contributed by atoms with Crippen LogP contribution in [0, 0.1) is 0 Å². The van der Waals surface area contributed by atoms with Crippen molar-refractivity contribution >= 4 is 15.7 Å². The Morgan fingerprint density at radius 3 is 1.90 bits per heavy atom. The van der Waals surface area contributed by atoms with E-state index in [9.17, 15) is 34.8 Å². The summed E-state index contributed by atoms with van der Waals surface area (Å²) in [5, 5.41) is -1.10. The summed E-state index contributed by atoms with van der Waals surface area (Å²) in [5.41, 5.74) is -4.01. The molecular weight excluding hydrogens is 324 g/mol. The highest BCUT2D eigenvalue weighted by Crippen LogP contribution is 2.39. The van der Waals surface area contributed by atoms with Crippen LogP contribution >= 0.6 is 0 Å². The second kappa shape index (κ2) is 5.39. The van der Waals surface area contributed by atoms with Crippen LogP contribution in [0.25, 0.3) is 0 Å². The van der Waals surface area contributed by atoms with Crippen molar-refractivity contribution in [3.05, 3.63) is 29.3 Å². The average Bonchev–Trinajstić information content (AvgIpc) is 2.25. The standard InChI is InChI=1S/C11H11F6NO2S/c1-6(2)21(19,20)18-9-5-7(10(12,13)14)3-4-8(9)11(15,16)17/h3-6,18H,1-2H3. The maximum atomic E-state index is 12.7. The minimum atomic E-state index is -4.99. The van der Waals surface area contributed by atoms with Gasteiger partial charge in [0.2, 0.25) is 10.0 Å². The van der Waals surface area contributed by atoms with Gasteiger partial charge in [-0.05, 0) is 32.0 Å². The molecule has 1 aromatic carbocycles. The summed E-state index contributed by atoms with van der Waals surface area (Å²) >= 11 is 0. The second-order valence-electron chi connectivity index (χ2n) is 4.45. The molecule has 0 atom stereocenters. The van der Waals surface area contributed by atoms with Crippen LogP contribution in [-0.2, 0) is 22.4 Å². The summed E-state index contributed by atoms with van der Waals surface area (Å²) < 4.78 is 101. The van der Waals surface area contributed by atoms with Crippen molar-refractivity contribution in [2.24, 2.45) is 0 Å². The minimum absolute atomic E-state index is 0.128. The zero-order chi connectivity index (χ0) is 16.6. The molecule has 0 aliphatic rings. The van der Waals surface area contributed by atoms with E-state index in [4.69, 9.17) is 0 Å². The van der Waals surface area contributed by atoms with Gasteiger partial charge in [0.25, 0.3) is 0 Å². The summed E-state index contributed by atoms with van der Waals surface area (Å²) in [5.74, 6) is 0. The lowest BCUT2D eigenvalue weighted by Crippen LogP contribution is -2.24. The number of rotatable bonds is 3. The van der Waals surface area contributed by atoms with Crippen LogP contribution in [0.15, 0.2) is 18.2 Å². The van der Waals surface area contributed by atoms with Gasteiger partial charge in [-0.25, -0.2) is 8.42 Å². The third-order valence-corrected chi connectivity index (χ3v) is 4.27. The lowest BCUT2D eigenvalue weighted by molar-refractivity contribution is -0.140. The number of hydrogen-bond acceptors (Lipinski definition) is 2. The largest absolute Gasteiger partial charge is 0.418 e. The Kier molecular flexibility index (Phi) is 4.52. The molecule has 10 heteroatoms. The van der Waals surface area contributed by atoms with Crippen molar-refractivity contribution in [1.29, 1.82) is 0 Å². The quantitative estimate of drug-likeness (QED) is 0.852. The molecule has 0 aliphatic heterocycles. The minimum Gasteiger partial charge on any atom is -0.283 e. The van der Waals surface area contributed by atoms with Crippen LogP contribution in [0.5, 0.6) is 0 Å². The molecular formula is C11H11F6NO2S. The number of nitrogens with one attached hydrogen (secondary N) is 1. The number of alkyl halides is 6. The van der Waals surface area contributed by atoms with Gasteiger partial charge in [0.1, 0.15) is 0 Å². The Morgan fingerprint density at radius 2 is 1.52 bits per heavy atom. The van der Waals surface area contributed by atoms with E-state index in [1.54, 1.807) is 4.72 Å². The van der Waals surface area contributed by atoms with E-state index in [0.29, 0.717) is 0 Å². The van der Waals surface area contributed by atoms with Gasteiger partial charge in [-0.1, -0.05) is 0 Å². The Balaban J connectivity index is 3.44. The van der Waals surface area contributed by atoms with E-state index in [1.165, 1.54) is 13.8 Å². The Morgan fingerprint density at radius 1 is 1.00 bits per heavy atom. The smallest absolute Gasteiger partial charge is 0.283 e. The van der Waals surface area contributed by atoms with Crippen molar-refractivity contribution in [1.82, 2.24) is 0 Å². The molecule has 1 rings (SSSR count). The Labute approximate surface area is 117 Å². The molecule has 0 unspecified atom stereocenters. The monoisotopic (exact) mass is 335 g/mol. The summed E-state index contributed by atoms with van der Waals surface area (Å²) in [6, 6.07) is 0.569. The Hall–Kier alpha value is -1.45. The van der Waals surface area contributed by atoms with Crippen LogP contribution in [-0.4, -0.2) is 13.7 Å². The summed E-state index contributed by atoms with van der Waals surface area (Å²) in [4.78, 5) is 0. The molecule has 0 bridgehead atoms. The van der Waals surface area contributed by atoms with Crippen LogP contribution in [0.3, 0.4) is 0 Å². The van der Waals surface area contributed by atoms with Gasteiger partial charge in [0.05, 0.1) is 22.1 Å². The van der Waals surface area contributed by atoms with Gasteiger partial charge in [0.15, 0.2) is 0 Å². The maximum absolute atomic E-state index is 12.7. The highest BCUT2D eigenvalue weighted by atomic mass is 32.2. The van der Waals surface area contributed by atoms with E-state index < -0.39 is 44.4 Å². The highest BCUT2D eigenvalue weighted by Gasteiger charge is 2.38. The second-order valence-corrected chi connectivity index (χ2v) is 6.69. The van der Waals surface area contributed by atoms with Gasteiger partial charge < -0.3 is 0 Å². The molecule has 0 spiro atoms. The Bertz CT molecular complexity index is 619. The molecule has 1 aromatic rings. The zero-order valence-corrected chi connectivity index (χ0v) is 11.6. The molecule has 0 aliphatic carbocycles. The topological polar surface area (TPSA) is 46.2 Å². The van der Waals surface area contributed by atoms with Crippen LogP contribution in [0.1, 0.15) is 25.0 Å². The van der Waals surface area contributed by atoms with Crippen LogP contribution < -0.4 is 4.72 Å². The number of sulfonamides is 1. The third-order valence-electron chi connectivity index (χ3n) is 2.53. The van der Waals surface area contributed by atoms with E-state index >= 15 is 0 Å². The van der Waals surface area contributed by atoms with Crippen molar-refractivity contribution in [2.75, 3.05) is 4.72 Å². The van der Waals surface area contributed by atoms with Crippen molar-refractivity contribution in [3.63, 3.8) is 0 Å². The molecule has 3 nitrogen and oxygen atoms in total. The fourth-order valence-corrected chi connectivity index (χ4v) is 2.03. The molecule has 21 heavy (non-hydrogen) atoms. The highest BCUT2D eigenvalue weighted by molar-refractivity contribution is 7.93. The first-order valence-corrected chi connectivity index (χ1v) is 7.10. The number of benzene rings is 1. The lowest BCUT2D eigenvalue weighted by atomic mass is 10.1. The average molecular weight is 335 g/mol. The maximum Gasteiger partial charge on any atom is 0.418 e. The van der Waals surface area contributed by atoms with Gasteiger partial charge in [-0.15, -0.1) is 0 Å². The molecule has 0 saturated heterocycles. The van der Waals surface area contributed by atoms with Gasteiger partial charge in [-0.2, -0.15) is 26.3 Å². The van der Waals surface area contributed by atoms with E-state index in [0.717, 1.165) is 0 Å². The normalized spacial score (nSPS) is 13.6. The molecule has 0 heterocycles. The van der Waals surface area contributed by atoms with Crippen molar-refractivity contribution in [3.8, 4) is 0 Å². The first-order chi connectivity index (χ1) is 9.25. The van der Waals surface area contributed by atoms with E-state index in [1.807, 2.05) is 0 Å². The predicted octanol–water partition coefficient (Wildman–Crippen LogP) is 3.87. The summed E-state index contributed by atoms with van der Waals surface area (Å²) in [6.45, 7) is 2.37. The third kappa shape index (κ3) is 4.26. The molecule has 0 amide bonds. The summed E-state index contributed by atoms with van der Waals surface area (Å²) in [6.07, 6.45) is -9.87. The zero-order valence-electron chi connectivity index (χ0n) is 10.8. The van der Waals surface area contributed by atoms with Crippen LogP contribution in [0.4, 0.5) is 32.0 Å². The first-order valence-electron chi connectivity index (χ1n) is 5.55. The number of hydrogen-bond donors (Lipinski definition) is 1. The van der Waals surface area contributed by atoms with Gasteiger partial charge >= 0.3 is 12.4 Å². The van der Waals surface area contributed by atoms with Crippen LogP contribution in [0.2, 0.25) is 0 Å². The van der Waals surface area contributed by atoms with E-state index in [2.05, 4.69) is 0 Å². The molecule has 0 fully saturated rings. The molecule has 0 saturated carbocycles. The van der Waals surface area contributed by atoms with Crippen molar-refractivity contribution in [2.45, 2.75) is 31.5 Å². The lowest BCUT2D eigenvalue weighted by Gasteiger charge is -2.18. The van der Waals surface area contributed by atoms with E-state index in [-0.39, 0.29) is 18.2 Å². The predicted molar refractivity (Wildman–Crippen MR) is 64.1 cm³/mol. The number of halogens is 6. The first kappa shape index (κ1) is 17.6. The molecule has 120 valence electrons. The fraction of sp³-hybridized carbons (Fsp3) is 0.455. The molecule has 0 aromatic heterocycles. The summed E-state index contributed by atoms with van der Waals surface area (Å²) in [7, 11) is -4.21. The fourth-order valence-electron chi connectivity index (χ4n) is 1.32. The number of anilines is 1. The molecule has 0 radical (unpaired) electrons. The SMILES string of the molecule is CC(C)S(=O)(=O)Nc1cc(C(F)(F)F)ccc1C(F)(F)F.